The van der Waals surface area contributed by atoms with Gasteiger partial charge in [0.1, 0.15) is 4.90 Å². The molecule has 1 aromatic heterocycles. The Morgan fingerprint density at radius 3 is 2.33 bits per heavy atom. The Morgan fingerprint density at radius 1 is 1.14 bits per heavy atom. The van der Waals surface area contributed by atoms with E-state index < -0.39 is 10.0 Å². The van der Waals surface area contributed by atoms with Gasteiger partial charge in [0.05, 0.1) is 16.1 Å². The third kappa shape index (κ3) is 3.27. The fraction of sp³-hybridized carbons (Fsp3) is 0.286. The number of benzene rings is 1. The second-order valence-corrected chi connectivity index (χ2v) is 8.45. The van der Waals surface area contributed by atoms with E-state index in [0.29, 0.717) is 5.92 Å². The number of thiophene rings is 1. The van der Waals surface area contributed by atoms with E-state index in [4.69, 9.17) is 23.2 Å². The number of halogens is 2. The van der Waals surface area contributed by atoms with Gasteiger partial charge < -0.3 is 0 Å². The summed E-state index contributed by atoms with van der Waals surface area (Å²) in [6.07, 6.45) is 2.06. The molecule has 1 aromatic carbocycles. The molecule has 3 nitrogen and oxygen atoms in total. The van der Waals surface area contributed by atoms with Gasteiger partial charge in [0.25, 0.3) is 0 Å². The minimum atomic E-state index is -3.76. The van der Waals surface area contributed by atoms with Crippen LogP contribution in [-0.2, 0) is 10.0 Å². The third-order valence-electron chi connectivity index (χ3n) is 3.41. The average molecular weight is 362 g/mol. The van der Waals surface area contributed by atoms with Crippen molar-refractivity contribution >= 4 is 44.6 Å². The first-order valence-corrected chi connectivity index (χ1v) is 9.60. The lowest BCUT2D eigenvalue weighted by Gasteiger charge is -2.18. The monoisotopic (exact) mass is 361 g/mol. The number of hydrogen-bond acceptors (Lipinski definition) is 3. The smallest absolute Gasteiger partial charge is 0.207 e. The average Bonchev–Trinajstić information content (AvgIpc) is 3.10. The first-order valence-electron chi connectivity index (χ1n) is 6.49. The predicted octanol–water partition coefficient (Wildman–Crippen LogP) is 4.48. The first kappa shape index (κ1) is 15.3. The highest BCUT2D eigenvalue weighted by Crippen LogP contribution is 2.43. The highest BCUT2D eigenvalue weighted by Gasteiger charge is 2.37. The van der Waals surface area contributed by atoms with Gasteiger partial charge in [-0.25, -0.2) is 13.1 Å². The van der Waals surface area contributed by atoms with Gasteiger partial charge in [0.2, 0.25) is 10.0 Å². The van der Waals surface area contributed by atoms with E-state index in [1.165, 1.54) is 12.1 Å². The summed E-state index contributed by atoms with van der Waals surface area (Å²) in [4.78, 5) is 0.972. The molecule has 1 aliphatic rings. The Hall–Kier alpha value is -0.590. The van der Waals surface area contributed by atoms with Crippen molar-refractivity contribution < 1.29 is 8.42 Å². The van der Waals surface area contributed by atoms with E-state index in [1.807, 2.05) is 17.5 Å². The molecule has 1 fully saturated rings. The Bertz CT molecular complexity index is 720. The SMILES string of the molecule is O=S(=O)(N[C@H](c1cccs1)C1CC1)c1c(Cl)cccc1Cl. The normalized spacial score (nSPS) is 16.9. The lowest BCUT2D eigenvalue weighted by molar-refractivity contribution is 0.534. The molecule has 0 bridgehead atoms. The Morgan fingerprint density at radius 2 is 1.81 bits per heavy atom. The summed E-state index contributed by atoms with van der Waals surface area (Å²) in [5, 5.41) is 2.22. The van der Waals surface area contributed by atoms with E-state index in [9.17, 15) is 8.42 Å². The van der Waals surface area contributed by atoms with Gasteiger partial charge in [-0.1, -0.05) is 35.3 Å². The second kappa shape index (κ2) is 5.89. The fourth-order valence-corrected chi connectivity index (χ4v) is 5.62. The number of hydrogen-bond donors (Lipinski definition) is 1. The minimum absolute atomic E-state index is 0.0458. The van der Waals surface area contributed by atoms with Crippen LogP contribution in [0.25, 0.3) is 0 Å². The molecule has 7 heteroatoms. The summed E-state index contributed by atoms with van der Waals surface area (Å²) in [6, 6.07) is 8.35. The summed E-state index contributed by atoms with van der Waals surface area (Å²) >= 11 is 13.6. The molecule has 3 rings (SSSR count). The van der Waals surface area contributed by atoms with E-state index >= 15 is 0 Å². The zero-order valence-corrected chi connectivity index (χ0v) is 14.1. The second-order valence-electron chi connectivity index (χ2n) is 5.00. The molecule has 0 unspecified atom stereocenters. The molecule has 1 atom stereocenters. The van der Waals surface area contributed by atoms with Crippen molar-refractivity contribution in [2.24, 2.45) is 5.92 Å². The van der Waals surface area contributed by atoms with Gasteiger partial charge >= 0.3 is 0 Å². The topological polar surface area (TPSA) is 46.2 Å². The van der Waals surface area contributed by atoms with Crippen molar-refractivity contribution in [2.75, 3.05) is 0 Å². The predicted molar refractivity (Wildman–Crippen MR) is 86.6 cm³/mol. The Labute approximate surface area is 137 Å². The van der Waals surface area contributed by atoms with Gasteiger partial charge in [0.15, 0.2) is 0 Å². The number of sulfonamides is 1. The molecule has 0 spiro atoms. The minimum Gasteiger partial charge on any atom is -0.207 e. The molecule has 1 saturated carbocycles. The summed E-state index contributed by atoms with van der Waals surface area (Å²) in [6.45, 7) is 0. The highest BCUT2D eigenvalue weighted by atomic mass is 35.5. The van der Waals surface area contributed by atoms with Crippen molar-refractivity contribution in [3.63, 3.8) is 0 Å². The summed E-state index contributed by atoms with van der Waals surface area (Å²) in [7, 11) is -3.76. The van der Waals surface area contributed by atoms with E-state index in [1.54, 1.807) is 17.4 Å². The maximum atomic E-state index is 12.6. The number of nitrogens with one attached hydrogen (secondary N) is 1. The molecule has 112 valence electrons. The van der Waals surface area contributed by atoms with Crippen molar-refractivity contribution in [1.29, 1.82) is 0 Å². The maximum absolute atomic E-state index is 12.6. The van der Waals surface area contributed by atoms with Crippen LogP contribution in [0, 0.1) is 5.92 Å². The molecule has 21 heavy (non-hydrogen) atoms. The van der Waals surface area contributed by atoms with Crippen LogP contribution in [0.1, 0.15) is 23.8 Å². The molecule has 1 heterocycles. The van der Waals surface area contributed by atoms with E-state index in [-0.39, 0.29) is 21.0 Å². The standard InChI is InChI=1S/C14H13Cl2NO2S2/c15-10-3-1-4-11(16)14(10)21(18,19)17-13(9-6-7-9)12-5-2-8-20-12/h1-5,8-9,13,17H,6-7H2/t13-/m0/s1. The Balaban J connectivity index is 1.95. The summed E-state index contributed by atoms with van der Waals surface area (Å²) in [5.74, 6) is 0.347. The maximum Gasteiger partial charge on any atom is 0.244 e. The molecule has 0 amide bonds. The molecular weight excluding hydrogens is 349 g/mol. The van der Waals surface area contributed by atoms with Crippen LogP contribution < -0.4 is 4.72 Å². The molecular formula is C14H13Cl2NO2S2. The van der Waals surface area contributed by atoms with Crippen molar-refractivity contribution in [3.05, 3.63) is 50.6 Å². The highest BCUT2D eigenvalue weighted by molar-refractivity contribution is 7.89. The van der Waals surface area contributed by atoms with E-state index in [2.05, 4.69) is 4.72 Å². The molecule has 1 aliphatic carbocycles. The van der Waals surface area contributed by atoms with Gasteiger partial charge in [0, 0.05) is 4.88 Å². The molecule has 0 aliphatic heterocycles. The molecule has 1 N–H and O–H groups in total. The van der Waals surface area contributed by atoms with Crippen LogP contribution in [0.15, 0.2) is 40.6 Å². The van der Waals surface area contributed by atoms with Gasteiger partial charge in [-0.15, -0.1) is 11.3 Å². The molecule has 2 aromatic rings. The summed E-state index contributed by atoms with van der Waals surface area (Å²) < 4.78 is 28.0. The van der Waals surface area contributed by atoms with E-state index in [0.717, 1.165) is 17.7 Å². The van der Waals surface area contributed by atoms with Crippen LogP contribution in [0.5, 0.6) is 0 Å². The first-order chi connectivity index (χ1) is 9.99. The molecule has 0 radical (unpaired) electrons. The fourth-order valence-electron chi connectivity index (χ4n) is 2.25. The van der Waals surface area contributed by atoms with Crippen LogP contribution in [-0.4, -0.2) is 8.42 Å². The van der Waals surface area contributed by atoms with Crippen LogP contribution in [0.2, 0.25) is 10.0 Å². The van der Waals surface area contributed by atoms with Gasteiger partial charge in [-0.3, -0.25) is 0 Å². The lowest BCUT2D eigenvalue weighted by atomic mass is 10.2. The number of rotatable bonds is 5. The largest absolute Gasteiger partial charge is 0.244 e. The van der Waals surface area contributed by atoms with Crippen LogP contribution in [0.3, 0.4) is 0 Å². The van der Waals surface area contributed by atoms with Crippen molar-refractivity contribution in [2.45, 2.75) is 23.8 Å². The lowest BCUT2D eigenvalue weighted by Crippen LogP contribution is -2.30. The van der Waals surface area contributed by atoms with Gasteiger partial charge in [-0.2, -0.15) is 0 Å². The summed E-state index contributed by atoms with van der Waals surface area (Å²) in [5.41, 5.74) is 0. The third-order valence-corrected chi connectivity index (χ3v) is 6.76. The van der Waals surface area contributed by atoms with Crippen LogP contribution >= 0.6 is 34.5 Å². The molecule has 0 saturated heterocycles. The zero-order chi connectivity index (χ0) is 15.0. The van der Waals surface area contributed by atoms with Crippen molar-refractivity contribution in [3.8, 4) is 0 Å². The zero-order valence-electron chi connectivity index (χ0n) is 10.9. The Kier molecular flexibility index (Phi) is 4.30. The van der Waals surface area contributed by atoms with Gasteiger partial charge in [-0.05, 0) is 42.3 Å². The quantitative estimate of drug-likeness (QED) is 0.852. The van der Waals surface area contributed by atoms with Crippen LogP contribution in [0.4, 0.5) is 0 Å². The van der Waals surface area contributed by atoms with Crippen molar-refractivity contribution in [1.82, 2.24) is 4.72 Å².